The summed E-state index contributed by atoms with van der Waals surface area (Å²) in [5.74, 6) is 0.357. The van der Waals surface area contributed by atoms with Crippen molar-refractivity contribution in [3.8, 4) is 11.4 Å². The molecule has 0 aliphatic rings. The van der Waals surface area contributed by atoms with Crippen molar-refractivity contribution >= 4 is 17.4 Å². The van der Waals surface area contributed by atoms with E-state index < -0.39 is 0 Å². The highest BCUT2D eigenvalue weighted by Crippen LogP contribution is 2.21. The zero-order chi connectivity index (χ0) is 18.7. The standard InChI is InChI=1S/C20H19N3O3/c1-12-6-4-5-7-16(12)20-22-19(26-23-20)11-18(25)21-17-10-15(14(3)24)9-8-13(17)2/h4-10H,11H2,1-3H3,(H,21,25). The molecule has 0 spiro atoms. The molecule has 0 aliphatic carbocycles. The fourth-order valence-corrected chi connectivity index (χ4v) is 2.57. The largest absolute Gasteiger partial charge is 0.338 e. The molecule has 0 bridgehead atoms. The molecule has 0 saturated heterocycles. The third kappa shape index (κ3) is 3.85. The first-order valence-corrected chi connectivity index (χ1v) is 8.24. The van der Waals surface area contributed by atoms with Gasteiger partial charge in [0.05, 0.1) is 0 Å². The van der Waals surface area contributed by atoms with Crippen molar-refractivity contribution in [3.63, 3.8) is 0 Å². The van der Waals surface area contributed by atoms with Gasteiger partial charge in [0.1, 0.15) is 6.42 Å². The fourth-order valence-electron chi connectivity index (χ4n) is 2.57. The van der Waals surface area contributed by atoms with Crippen molar-refractivity contribution in [1.82, 2.24) is 10.1 Å². The summed E-state index contributed by atoms with van der Waals surface area (Å²) >= 11 is 0. The van der Waals surface area contributed by atoms with E-state index in [-0.39, 0.29) is 24.0 Å². The Balaban J connectivity index is 1.73. The van der Waals surface area contributed by atoms with Crippen LogP contribution in [0.15, 0.2) is 47.0 Å². The normalized spacial score (nSPS) is 10.6. The average Bonchev–Trinajstić information content (AvgIpc) is 3.05. The van der Waals surface area contributed by atoms with Gasteiger partial charge in [-0.3, -0.25) is 9.59 Å². The molecule has 1 N–H and O–H groups in total. The number of Topliss-reactive ketones (excluding diaryl/α,β-unsaturated/α-hetero) is 1. The van der Waals surface area contributed by atoms with Crippen LogP contribution < -0.4 is 5.32 Å². The first-order chi connectivity index (χ1) is 12.4. The van der Waals surface area contributed by atoms with E-state index >= 15 is 0 Å². The number of rotatable bonds is 5. The Hall–Kier alpha value is -3.28. The highest BCUT2D eigenvalue weighted by atomic mass is 16.5. The van der Waals surface area contributed by atoms with E-state index in [1.54, 1.807) is 18.2 Å². The third-order valence-electron chi connectivity index (χ3n) is 4.08. The van der Waals surface area contributed by atoms with Crippen LogP contribution in [0.3, 0.4) is 0 Å². The smallest absolute Gasteiger partial charge is 0.236 e. The Morgan fingerprint density at radius 2 is 1.85 bits per heavy atom. The minimum Gasteiger partial charge on any atom is -0.338 e. The van der Waals surface area contributed by atoms with Crippen molar-refractivity contribution in [2.24, 2.45) is 0 Å². The molecule has 0 atom stereocenters. The van der Waals surface area contributed by atoms with Crippen LogP contribution in [-0.4, -0.2) is 21.8 Å². The molecule has 0 fully saturated rings. The van der Waals surface area contributed by atoms with Crippen LogP contribution in [0.2, 0.25) is 0 Å². The lowest BCUT2D eigenvalue weighted by atomic mass is 10.1. The van der Waals surface area contributed by atoms with Crippen LogP contribution in [0.1, 0.15) is 34.3 Å². The van der Waals surface area contributed by atoms with E-state index in [9.17, 15) is 9.59 Å². The third-order valence-corrected chi connectivity index (χ3v) is 4.08. The number of carbonyl (C=O) groups is 2. The summed E-state index contributed by atoms with van der Waals surface area (Å²) in [6.07, 6.45) is -0.0391. The van der Waals surface area contributed by atoms with E-state index in [1.807, 2.05) is 38.1 Å². The van der Waals surface area contributed by atoms with Gasteiger partial charge in [0.2, 0.25) is 17.6 Å². The summed E-state index contributed by atoms with van der Waals surface area (Å²) in [6.45, 7) is 5.31. The number of ketones is 1. The number of aromatic nitrogens is 2. The Labute approximate surface area is 151 Å². The molecule has 3 rings (SSSR count). The molecule has 6 heteroatoms. The monoisotopic (exact) mass is 349 g/mol. The number of hydrogen-bond donors (Lipinski definition) is 1. The quantitative estimate of drug-likeness (QED) is 0.709. The minimum absolute atomic E-state index is 0.0391. The Kier molecular flexibility index (Phi) is 4.93. The van der Waals surface area contributed by atoms with E-state index in [4.69, 9.17) is 4.52 Å². The van der Waals surface area contributed by atoms with Gasteiger partial charge in [-0.25, -0.2) is 0 Å². The molecule has 0 radical (unpaired) electrons. The zero-order valence-corrected chi connectivity index (χ0v) is 14.9. The number of benzene rings is 2. The lowest BCUT2D eigenvalue weighted by molar-refractivity contribution is -0.115. The Morgan fingerprint density at radius 1 is 1.08 bits per heavy atom. The second-order valence-electron chi connectivity index (χ2n) is 6.14. The number of aryl methyl sites for hydroxylation is 2. The summed E-state index contributed by atoms with van der Waals surface area (Å²) in [7, 11) is 0. The molecule has 1 amide bonds. The van der Waals surface area contributed by atoms with Gasteiger partial charge in [-0.05, 0) is 38.0 Å². The number of amides is 1. The van der Waals surface area contributed by atoms with Gasteiger partial charge >= 0.3 is 0 Å². The molecule has 132 valence electrons. The van der Waals surface area contributed by atoms with Crippen molar-refractivity contribution in [3.05, 3.63) is 65.0 Å². The van der Waals surface area contributed by atoms with Gasteiger partial charge < -0.3 is 9.84 Å². The maximum atomic E-state index is 12.3. The van der Waals surface area contributed by atoms with Crippen molar-refractivity contribution in [2.45, 2.75) is 27.2 Å². The molecule has 1 aromatic heterocycles. The first kappa shape index (κ1) is 17.5. The predicted octanol–water partition coefficient (Wildman–Crippen LogP) is 3.74. The molecule has 3 aromatic rings. The molecular weight excluding hydrogens is 330 g/mol. The highest BCUT2D eigenvalue weighted by Gasteiger charge is 2.15. The van der Waals surface area contributed by atoms with Gasteiger partial charge in [-0.1, -0.05) is 41.6 Å². The molecule has 0 saturated carbocycles. The van der Waals surface area contributed by atoms with Crippen molar-refractivity contribution < 1.29 is 14.1 Å². The number of nitrogens with zero attached hydrogens (tertiary/aromatic N) is 2. The van der Waals surface area contributed by atoms with E-state index in [0.717, 1.165) is 16.7 Å². The second-order valence-corrected chi connectivity index (χ2v) is 6.14. The van der Waals surface area contributed by atoms with Crippen molar-refractivity contribution in [2.75, 3.05) is 5.32 Å². The van der Waals surface area contributed by atoms with Crippen LogP contribution in [0, 0.1) is 13.8 Å². The number of anilines is 1. The van der Waals surface area contributed by atoms with Crippen molar-refractivity contribution in [1.29, 1.82) is 0 Å². The van der Waals surface area contributed by atoms with Gasteiger partial charge in [0, 0.05) is 16.8 Å². The summed E-state index contributed by atoms with van der Waals surface area (Å²) in [5, 5.41) is 6.75. The van der Waals surface area contributed by atoms with E-state index in [2.05, 4.69) is 15.5 Å². The van der Waals surface area contributed by atoms with E-state index in [1.165, 1.54) is 6.92 Å². The highest BCUT2D eigenvalue weighted by molar-refractivity contribution is 5.98. The maximum absolute atomic E-state index is 12.3. The zero-order valence-electron chi connectivity index (χ0n) is 14.9. The molecule has 1 heterocycles. The number of nitrogens with one attached hydrogen (secondary N) is 1. The summed E-state index contributed by atoms with van der Waals surface area (Å²) in [5.41, 5.74) is 3.91. The molecular formula is C20H19N3O3. The molecule has 2 aromatic carbocycles. The SMILES string of the molecule is CC(=O)c1ccc(C)c(NC(=O)Cc2nc(-c3ccccc3C)no2)c1. The minimum atomic E-state index is -0.284. The summed E-state index contributed by atoms with van der Waals surface area (Å²) < 4.78 is 5.20. The molecule has 0 unspecified atom stereocenters. The van der Waals surface area contributed by atoms with Gasteiger partial charge in [0.25, 0.3) is 0 Å². The van der Waals surface area contributed by atoms with Crippen LogP contribution in [-0.2, 0) is 11.2 Å². The Bertz CT molecular complexity index is 976. The fraction of sp³-hybridized carbons (Fsp3) is 0.200. The predicted molar refractivity (Wildman–Crippen MR) is 98.0 cm³/mol. The van der Waals surface area contributed by atoms with Gasteiger partial charge in [0.15, 0.2) is 5.78 Å². The van der Waals surface area contributed by atoms with Gasteiger partial charge in [-0.2, -0.15) is 4.98 Å². The molecule has 0 aliphatic heterocycles. The van der Waals surface area contributed by atoms with Crippen LogP contribution in [0.5, 0.6) is 0 Å². The summed E-state index contributed by atoms with van der Waals surface area (Å²) in [6, 6.07) is 12.9. The number of hydrogen-bond acceptors (Lipinski definition) is 5. The first-order valence-electron chi connectivity index (χ1n) is 8.24. The van der Waals surface area contributed by atoms with Gasteiger partial charge in [-0.15, -0.1) is 0 Å². The van der Waals surface area contributed by atoms with Crippen LogP contribution in [0.25, 0.3) is 11.4 Å². The average molecular weight is 349 g/mol. The maximum Gasteiger partial charge on any atom is 0.236 e. The number of carbonyl (C=O) groups excluding carboxylic acids is 2. The summed E-state index contributed by atoms with van der Waals surface area (Å²) in [4.78, 5) is 28.1. The second kappa shape index (κ2) is 7.31. The van der Waals surface area contributed by atoms with Crippen LogP contribution in [0.4, 0.5) is 5.69 Å². The lowest BCUT2D eigenvalue weighted by Crippen LogP contribution is -2.15. The lowest BCUT2D eigenvalue weighted by Gasteiger charge is -2.08. The topological polar surface area (TPSA) is 85.1 Å². The van der Waals surface area contributed by atoms with E-state index in [0.29, 0.717) is 17.1 Å². The Morgan fingerprint density at radius 3 is 2.58 bits per heavy atom. The molecule has 6 nitrogen and oxygen atoms in total. The van der Waals surface area contributed by atoms with Crippen LogP contribution >= 0.6 is 0 Å². The molecule has 26 heavy (non-hydrogen) atoms.